The summed E-state index contributed by atoms with van der Waals surface area (Å²) in [5, 5.41) is 23.7. The second-order valence-electron chi connectivity index (χ2n) is 17.2. The molecule has 0 radical (unpaired) electrons. The van der Waals surface area contributed by atoms with Gasteiger partial charge in [0, 0.05) is 6.42 Å². The van der Waals surface area contributed by atoms with E-state index in [1.54, 1.807) is 0 Å². The van der Waals surface area contributed by atoms with Crippen LogP contribution in [0, 0.1) is 0 Å². The lowest BCUT2D eigenvalue weighted by Crippen LogP contribution is -2.46. The molecule has 57 heavy (non-hydrogen) atoms. The predicted molar refractivity (Wildman–Crippen MR) is 246 cm³/mol. The Kier molecular flexibility index (Phi) is 44.1. The number of allylic oxidation sites excluding steroid dienone is 4. The first-order valence-electron chi connectivity index (χ1n) is 25.1. The quantitative estimate of drug-likeness (QED) is 0.0324. The summed E-state index contributed by atoms with van der Waals surface area (Å²) in [4.78, 5) is 26.0. The van der Waals surface area contributed by atoms with Gasteiger partial charge >= 0.3 is 5.97 Å². The van der Waals surface area contributed by atoms with Crippen LogP contribution in [-0.4, -0.2) is 46.9 Å². The van der Waals surface area contributed by atoms with Crippen LogP contribution in [0.3, 0.4) is 0 Å². The average molecular weight is 804 g/mol. The van der Waals surface area contributed by atoms with Gasteiger partial charge in [0.25, 0.3) is 0 Å². The van der Waals surface area contributed by atoms with Crippen molar-refractivity contribution in [3.63, 3.8) is 0 Å². The van der Waals surface area contributed by atoms with Gasteiger partial charge in [0.15, 0.2) is 0 Å². The Hall–Kier alpha value is -1.66. The molecule has 3 atom stereocenters. The minimum atomic E-state index is -0.792. The summed E-state index contributed by atoms with van der Waals surface area (Å²) in [6.45, 7) is 6.46. The van der Waals surface area contributed by atoms with Gasteiger partial charge in [0.05, 0.1) is 25.2 Å². The third-order valence-electron chi connectivity index (χ3n) is 11.5. The Labute approximate surface area is 354 Å². The summed E-state index contributed by atoms with van der Waals surface area (Å²) in [7, 11) is 0. The van der Waals surface area contributed by atoms with E-state index in [1.165, 1.54) is 154 Å². The fourth-order valence-electron chi connectivity index (χ4n) is 7.66. The maximum absolute atomic E-state index is 13.2. The van der Waals surface area contributed by atoms with Gasteiger partial charge in [-0.05, 0) is 70.6 Å². The van der Waals surface area contributed by atoms with E-state index in [0.29, 0.717) is 19.3 Å². The van der Waals surface area contributed by atoms with Gasteiger partial charge in [-0.15, -0.1) is 0 Å². The zero-order chi connectivity index (χ0) is 41.7. The molecule has 6 heteroatoms. The summed E-state index contributed by atoms with van der Waals surface area (Å²) in [6.07, 6.45) is 51.0. The molecule has 0 saturated carbocycles. The monoisotopic (exact) mass is 804 g/mol. The molecular weight excluding hydrogens is 707 g/mol. The molecule has 0 rings (SSSR count). The van der Waals surface area contributed by atoms with Gasteiger partial charge < -0.3 is 20.3 Å². The predicted octanol–water partition coefficient (Wildman–Crippen LogP) is 14.7. The van der Waals surface area contributed by atoms with Crippen LogP contribution in [-0.2, 0) is 14.3 Å². The van der Waals surface area contributed by atoms with Gasteiger partial charge in [-0.3, -0.25) is 9.59 Å². The Morgan fingerprint density at radius 3 is 1.28 bits per heavy atom. The van der Waals surface area contributed by atoms with E-state index >= 15 is 0 Å². The number of ether oxygens (including phenoxy) is 1. The molecule has 0 heterocycles. The summed E-state index contributed by atoms with van der Waals surface area (Å²) < 4.78 is 5.89. The smallest absolute Gasteiger partial charge is 0.306 e. The van der Waals surface area contributed by atoms with Crippen LogP contribution in [0.5, 0.6) is 0 Å². The van der Waals surface area contributed by atoms with Crippen molar-refractivity contribution in [2.24, 2.45) is 0 Å². The van der Waals surface area contributed by atoms with Crippen LogP contribution < -0.4 is 5.32 Å². The van der Waals surface area contributed by atoms with Crippen molar-refractivity contribution >= 4 is 11.9 Å². The molecular formula is C51H97NO5. The molecule has 3 unspecified atom stereocenters. The highest BCUT2D eigenvalue weighted by atomic mass is 16.5. The average Bonchev–Trinajstić information content (AvgIpc) is 3.20. The molecule has 0 aliphatic carbocycles. The third-order valence-corrected chi connectivity index (χ3v) is 11.5. The molecule has 0 aliphatic rings. The fourth-order valence-corrected chi connectivity index (χ4v) is 7.66. The van der Waals surface area contributed by atoms with E-state index < -0.39 is 18.2 Å². The third kappa shape index (κ3) is 40.9. The zero-order valence-electron chi connectivity index (χ0n) is 38.2. The maximum Gasteiger partial charge on any atom is 0.306 e. The van der Waals surface area contributed by atoms with Crippen molar-refractivity contribution in [2.45, 2.75) is 283 Å². The minimum Gasteiger partial charge on any atom is -0.462 e. The molecule has 0 saturated heterocycles. The molecule has 3 N–H and O–H groups in total. The lowest BCUT2D eigenvalue weighted by Gasteiger charge is -2.24. The molecule has 0 aromatic rings. The second-order valence-corrected chi connectivity index (χ2v) is 17.2. The number of aliphatic hydroxyl groups is 2. The molecule has 0 aliphatic heterocycles. The van der Waals surface area contributed by atoms with Crippen molar-refractivity contribution < 1.29 is 24.5 Å². The van der Waals surface area contributed by atoms with E-state index in [9.17, 15) is 19.8 Å². The summed E-state index contributed by atoms with van der Waals surface area (Å²) >= 11 is 0. The lowest BCUT2D eigenvalue weighted by atomic mass is 10.0. The van der Waals surface area contributed by atoms with Crippen LogP contribution in [0.15, 0.2) is 24.3 Å². The largest absolute Gasteiger partial charge is 0.462 e. The second kappa shape index (κ2) is 45.4. The first kappa shape index (κ1) is 55.3. The number of hydrogen-bond donors (Lipinski definition) is 3. The van der Waals surface area contributed by atoms with E-state index in [2.05, 4.69) is 50.4 Å². The summed E-state index contributed by atoms with van der Waals surface area (Å²) in [6, 6.07) is -0.708. The van der Waals surface area contributed by atoms with Crippen molar-refractivity contribution in [1.82, 2.24) is 5.32 Å². The van der Waals surface area contributed by atoms with Gasteiger partial charge in [0.2, 0.25) is 5.91 Å². The Bertz CT molecular complexity index is 904. The number of unbranched alkanes of at least 4 members (excludes halogenated alkanes) is 29. The zero-order valence-corrected chi connectivity index (χ0v) is 38.2. The van der Waals surface area contributed by atoms with Gasteiger partial charge in [-0.2, -0.15) is 0 Å². The van der Waals surface area contributed by atoms with E-state index in [4.69, 9.17) is 4.74 Å². The number of nitrogens with one attached hydrogen (secondary N) is 1. The van der Waals surface area contributed by atoms with Crippen molar-refractivity contribution in [2.75, 3.05) is 6.61 Å². The van der Waals surface area contributed by atoms with Crippen LogP contribution in [0.2, 0.25) is 0 Å². The number of amides is 1. The number of aliphatic hydroxyl groups excluding tert-OH is 2. The Morgan fingerprint density at radius 1 is 0.491 bits per heavy atom. The summed E-state index contributed by atoms with van der Waals surface area (Å²) in [5.74, 6) is -0.514. The molecule has 0 spiro atoms. The van der Waals surface area contributed by atoms with E-state index in [0.717, 1.165) is 64.2 Å². The SMILES string of the molecule is CCCCCCCC/C=C\CCCCCC(=O)OC(CCC/C=C\CCCCCCCC)CC(=O)NC(CO)C(O)CCCCCCCCCCCCCCCC. The Balaban J connectivity index is 4.56. The van der Waals surface area contributed by atoms with Gasteiger partial charge in [-0.25, -0.2) is 0 Å². The van der Waals surface area contributed by atoms with E-state index in [1.807, 2.05) is 0 Å². The van der Waals surface area contributed by atoms with Crippen LogP contribution in [0.25, 0.3) is 0 Å². The lowest BCUT2D eigenvalue weighted by molar-refractivity contribution is -0.151. The number of carbonyl (C=O) groups is 2. The molecule has 0 aromatic heterocycles. The molecule has 0 bridgehead atoms. The highest BCUT2D eigenvalue weighted by Crippen LogP contribution is 2.17. The molecule has 1 amide bonds. The highest BCUT2D eigenvalue weighted by Gasteiger charge is 2.24. The van der Waals surface area contributed by atoms with Crippen molar-refractivity contribution in [3.8, 4) is 0 Å². The van der Waals surface area contributed by atoms with Crippen molar-refractivity contribution in [3.05, 3.63) is 24.3 Å². The topological polar surface area (TPSA) is 95.9 Å². The van der Waals surface area contributed by atoms with Crippen LogP contribution in [0.4, 0.5) is 0 Å². The molecule has 0 aromatic carbocycles. The highest BCUT2D eigenvalue weighted by molar-refractivity contribution is 5.77. The van der Waals surface area contributed by atoms with Crippen molar-refractivity contribution in [1.29, 1.82) is 0 Å². The molecule has 336 valence electrons. The number of rotatable bonds is 45. The number of esters is 1. The molecule has 0 fully saturated rings. The molecule has 6 nitrogen and oxygen atoms in total. The maximum atomic E-state index is 13.2. The first-order valence-corrected chi connectivity index (χ1v) is 25.1. The standard InChI is InChI=1S/C51H97NO5/c1-4-7-10-13-16-19-22-24-26-28-31-34-37-40-43-49(54)48(46-53)52-50(55)45-47(42-39-36-33-30-27-21-18-15-12-9-6-3)57-51(56)44-41-38-35-32-29-25-23-20-17-14-11-8-5-2/h25,29-30,33,47-49,53-54H,4-24,26-28,31-32,34-46H2,1-3H3,(H,52,55)/b29-25-,33-30-. The van der Waals surface area contributed by atoms with Crippen LogP contribution in [0.1, 0.15) is 265 Å². The normalized spacial score (nSPS) is 13.4. The Morgan fingerprint density at radius 2 is 0.860 bits per heavy atom. The first-order chi connectivity index (χ1) is 28.0. The van der Waals surface area contributed by atoms with Gasteiger partial charge in [0.1, 0.15) is 6.10 Å². The van der Waals surface area contributed by atoms with Crippen LogP contribution >= 0.6 is 0 Å². The van der Waals surface area contributed by atoms with E-state index in [-0.39, 0.29) is 24.9 Å². The minimum absolute atomic E-state index is 0.0543. The fraction of sp³-hybridized carbons (Fsp3) is 0.882. The number of hydrogen-bond acceptors (Lipinski definition) is 5. The number of carbonyl (C=O) groups excluding carboxylic acids is 2. The summed E-state index contributed by atoms with van der Waals surface area (Å²) in [5.41, 5.74) is 0. The van der Waals surface area contributed by atoms with Gasteiger partial charge in [-0.1, -0.05) is 206 Å².